The minimum Gasteiger partial charge on any atom is -0.192 e. The molecule has 0 spiro atoms. The van der Waals surface area contributed by atoms with Gasteiger partial charge in [0.1, 0.15) is 0 Å². The van der Waals surface area contributed by atoms with Gasteiger partial charge in [0.2, 0.25) is 5.16 Å². The van der Waals surface area contributed by atoms with Crippen LogP contribution >= 0.6 is 46.6 Å². The van der Waals surface area contributed by atoms with Gasteiger partial charge in [-0.05, 0) is 42.3 Å². The summed E-state index contributed by atoms with van der Waals surface area (Å²) in [5.41, 5.74) is 1.87. The number of aromatic nitrogens is 3. The smallest absolute Gasteiger partial charge is 0.192 e. The summed E-state index contributed by atoms with van der Waals surface area (Å²) < 4.78 is 1.69. The van der Waals surface area contributed by atoms with Crippen LogP contribution in [-0.4, -0.2) is 21.1 Å². The van der Waals surface area contributed by atoms with Crippen molar-refractivity contribution >= 4 is 52.8 Å². The summed E-state index contributed by atoms with van der Waals surface area (Å²) in [6, 6.07) is 12.9. The lowest BCUT2D eigenvalue weighted by Gasteiger charge is -2.05. The van der Waals surface area contributed by atoms with Gasteiger partial charge >= 0.3 is 0 Å². The van der Waals surface area contributed by atoms with Crippen molar-refractivity contribution in [1.82, 2.24) is 14.9 Å². The summed E-state index contributed by atoms with van der Waals surface area (Å²) in [5, 5.41) is 15.3. The van der Waals surface area contributed by atoms with Gasteiger partial charge in [0.05, 0.1) is 6.21 Å². The molecule has 0 radical (unpaired) electrons. The molecule has 0 N–H and O–H groups in total. The molecule has 3 rings (SSSR count). The van der Waals surface area contributed by atoms with Gasteiger partial charge in [-0.1, -0.05) is 64.8 Å². The summed E-state index contributed by atoms with van der Waals surface area (Å²) >= 11 is 19.6. The first-order valence-corrected chi connectivity index (χ1v) is 9.43. The molecule has 0 unspecified atom stereocenters. The van der Waals surface area contributed by atoms with Crippen LogP contribution in [0.25, 0.3) is 0 Å². The molecule has 0 aliphatic rings. The molecular weight excluding hydrogens is 399 g/mol. The molecule has 128 valence electrons. The van der Waals surface area contributed by atoms with Crippen LogP contribution in [0.5, 0.6) is 0 Å². The average molecular weight is 412 g/mol. The van der Waals surface area contributed by atoms with Crippen molar-refractivity contribution < 1.29 is 0 Å². The molecule has 0 aliphatic heterocycles. The molecule has 0 amide bonds. The van der Waals surface area contributed by atoms with Crippen LogP contribution < -0.4 is 0 Å². The second-order valence-electron chi connectivity index (χ2n) is 5.17. The molecule has 3 aromatic rings. The number of hydrogen-bond donors (Lipinski definition) is 0. The topological polar surface area (TPSA) is 43.1 Å². The maximum absolute atomic E-state index is 6.21. The lowest BCUT2D eigenvalue weighted by atomic mass is 10.2. The minimum absolute atomic E-state index is 0.615. The molecule has 8 heteroatoms. The fourth-order valence-electron chi connectivity index (χ4n) is 2.05. The average Bonchev–Trinajstić information content (AvgIpc) is 2.92. The molecule has 1 aromatic heterocycles. The summed E-state index contributed by atoms with van der Waals surface area (Å²) in [7, 11) is 0. The molecule has 0 aliphatic carbocycles. The highest BCUT2D eigenvalue weighted by Crippen LogP contribution is 2.28. The Morgan fingerprint density at radius 1 is 1.08 bits per heavy atom. The molecule has 2 aromatic carbocycles. The van der Waals surface area contributed by atoms with Crippen LogP contribution in [0.15, 0.2) is 52.7 Å². The van der Waals surface area contributed by atoms with Gasteiger partial charge in [0.15, 0.2) is 5.82 Å². The Bertz CT molecular complexity index is 924. The minimum atomic E-state index is 0.615. The van der Waals surface area contributed by atoms with E-state index < -0.39 is 0 Å². The van der Waals surface area contributed by atoms with Crippen molar-refractivity contribution in [1.29, 1.82) is 0 Å². The van der Waals surface area contributed by atoms with E-state index in [9.17, 15) is 0 Å². The van der Waals surface area contributed by atoms with Crippen molar-refractivity contribution in [3.63, 3.8) is 0 Å². The van der Waals surface area contributed by atoms with Crippen molar-refractivity contribution in [2.24, 2.45) is 5.10 Å². The van der Waals surface area contributed by atoms with Crippen LogP contribution in [0.3, 0.4) is 0 Å². The highest BCUT2D eigenvalue weighted by molar-refractivity contribution is 7.98. The van der Waals surface area contributed by atoms with Crippen molar-refractivity contribution in [2.45, 2.75) is 17.8 Å². The fourth-order valence-corrected chi connectivity index (χ4v) is 3.74. The molecule has 4 nitrogen and oxygen atoms in total. The predicted molar refractivity (Wildman–Crippen MR) is 105 cm³/mol. The van der Waals surface area contributed by atoms with Gasteiger partial charge in [-0.25, -0.2) is 0 Å². The molecule has 0 saturated carbocycles. The first-order valence-electron chi connectivity index (χ1n) is 7.31. The maximum atomic E-state index is 6.21. The van der Waals surface area contributed by atoms with E-state index in [4.69, 9.17) is 34.8 Å². The zero-order chi connectivity index (χ0) is 17.8. The SMILES string of the molecule is Cc1nnc(SCc2ccc(Cl)cc2Cl)n1/N=C/c1cccc(Cl)c1. The monoisotopic (exact) mass is 410 g/mol. The Labute approximate surface area is 164 Å². The number of rotatable bonds is 5. The Balaban J connectivity index is 1.77. The van der Waals surface area contributed by atoms with Gasteiger partial charge in [-0.2, -0.15) is 9.78 Å². The number of halogens is 3. The van der Waals surface area contributed by atoms with Crippen molar-refractivity contribution in [3.8, 4) is 0 Å². The molecule has 1 heterocycles. The van der Waals surface area contributed by atoms with E-state index in [0.29, 0.717) is 31.8 Å². The third-order valence-corrected chi connectivity index (χ3v) is 5.10. The van der Waals surface area contributed by atoms with Gasteiger partial charge in [0.25, 0.3) is 0 Å². The first-order chi connectivity index (χ1) is 12.0. The molecular formula is C17H13Cl3N4S. The quantitative estimate of drug-likeness (QED) is 0.398. The van der Waals surface area contributed by atoms with Gasteiger partial charge < -0.3 is 0 Å². The highest BCUT2D eigenvalue weighted by atomic mass is 35.5. The van der Waals surface area contributed by atoms with E-state index >= 15 is 0 Å². The van der Waals surface area contributed by atoms with Gasteiger partial charge in [-0.3, -0.25) is 0 Å². The van der Waals surface area contributed by atoms with Crippen LogP contribution in [0.2, 0.25) is 15.1 Å². The number of thioether (sulfide) groups is 1. The molecule has 25 heavy (non-hydrogen) atoms. The van der Waals surface area contributed by atoms with Crippen LogP contribution in [0.4, 0.5) is 0 Å². The van der Waals surface area contributed by atoms with E-state index in [1.54, 1.807) is 17.0 Å². The zero-order valence-electron chi connectivity index (χ0n) is 13.2. The second kappa shape index (κ2) is 8.23. The molecule has 0 fully saturated rings. The largest absolute Gasteiger partial charge is 0.212 e. The summed E-state index contributed by atoms with van der Waals surface area (Å²) in [4.78, 5) is 0. The standard InChI is InChI=1S/C17H13Cl3N4S/c1-11-22-23-17(25-10-13-5-6-15(19)8-16(13)20)24(11)21-9-12-3-2-4-14(18)7-12/h2-9H,10H2,1H3/b21-9+. The van der Waals surface area contributed by atoms with Crippen molar-refractivity contribution in [2.75, 3.05) is 0 Å². The van der Waals surface area contributed by atoms with Gasteiger partial charge in [0, 0.05) is 20.8 Å². The summed E-state index contributed by atoms with van der Waals surface area (Å²) in [6.45, 7) is 1.85. The Hall–Kier alpha value is -1.53. The number of hydrogen-bond acceptors (Lipinski definition) is 4. The zero-order valence-corrected chi connectivity index (χ0v) is 16.2. The lowest BCUT2D eigenvalue weighted by molar-refractivity contribution is 0.744. The molecule has 0 saturated heterocycles. The Morgan fingerprint density at radius 3 is 2.64 bits per heavy atom. The molecule has 0 bridgehead atoms. The Kier molecular flexibility index (Phi) is 6.02. The Morgan fingerprint density at radius 2 is 1.88 bits per heavy atom. The second-order valence-corrected chi connectivity index (χ2v) is 7.39. The first kappa shape index (κ1) is 18.3. The third kappa shape index (κ3) is 4.76. The van der Waals surface area contributed by atoms with E-state index in [0.717, 1.165) is 11.1 Å². The lowest BCUT2D eigenvalue weighted by Crippen LogP contribution is -1.96. The van der Waals surface area contributed by atoms with E-state index in [1.165, 1.54) is 11.8 Å². The number of nitrogens with zero attached hydrogens (tertiary/aromatic N) is 4. The van der Waals surface area contributed by atoms with E-state index in [1.807, 2.05) is 43.3 Å². The summed E-state index contributed by atoms with van der Waals surface area (Å²) in [5.74, 6) is 1.34. The fraction of sp³-hybridized carbons (Fsp3) is 0.118. The number of benzene rings is 2. The third-order valence-electron chi connectivity index (χ3n) is 3.31. The van der Waals surface area contributed by atoms with E-state index in [-0.39, 0.29) is 0 Å². The van der Waals surface area contributed by atoms with Crippen molar-refractivity contribution in [3.05, 3.63) is 74.5 Å². The summed E-state index contributed by atoms with van der Waals surface area (Å²) in [6.07, 6.45) is 1.72. The van der Waals surface area contributed by atoms with Crippen LogP contribution in [-0.2, 0) is 5.75 Å². The number of aryl methyl sites for hydroxylation is 1. The maximum Gasteiger partial charge on any atom is 0.212 e. The predicted octanol–water partition coefficient (Wildman–Crippen LogP) is 5.72. The highest BCUT2D eigenvalue weighted by Gasteiger charge is 2.10. The van der Waals surface area contributed by atoms with Crippen LogP contribution in [0.1, 0.15) is 17.0 Å². The normalized spacial score (nSPS) is 11.4. The van der Waals surface area contributed by atoms with Crippen LogP contribution in [0, 0.1) is 6.92 Å². The van der Waals surface area contributed by atoms with Gasteiger partial charge in [-0.15, -0.1) is 10.2 Å². The molecule has 0 atom stereocenters. The van der Waals surface area contributed by atoms with E-state index in [2.05, 4.69) is 15.3 Å².